The standard InChI is InChI=1S/C21H24N2O4S/c1-2-16-8-10-18(11-9-16)23-15-17(14-20(23)24)21(25)22-12-13-28(26,27)19-6-4-3-5-7-19/h3-11,17H,2,12-15H2,1H3,(H,22,25). The maximum Gasteiger partial charge on any atom is 0.227 e. The SMILES string of the molecule is CCc1ccc(N2CC(C(=O)NCCS(=O)(=O)c3ccccc3)CC2=O)cc1. The summed E-state index contributed by atoms with van der Waals surface area (Å²) < 4.78 is 24.5. The fourth-order valence-electron chi connectivity index (χ4n) is 3.24. The monoisotopic (exact) mass is 400 g/mol. The summed E-state index contributed by atoms with van der Waals surface area (Å²) in [5.74, 6) is -1.03. The lowest BCUT2D eigenvalue weighted by atomic mass is 10.1. The third kappa shape index (κ3) is 4.59. The third-order valence-corrected chi connectivity index (χ3v) is 6.66. The van der Waals surface area contributed by atoms with Crippen molar-refractivity contribution in [3.05, 3.63) is 60.2 Å². The molecule has 1 aliphatic rings. The van der Waals surface area contributed by atoms with E-state index in [0.29, 0.717) is 6.54 Å². The summed E-state index contributed by atoms with van der Waals surface area (Å²) in [6, 6.07) is 15.9. The Labute approximate surface area is 165 Å². The van der Waals surface area contributed by atoms with Crippen LogP contribution in [0.3, 0.4) is 0 Å². The van der Waals surface area contributed by atoms with Gasteiger partial charge in [-0.1, -0.05) is 37.3 Å². The number of nitrogens with one attached hydrogen (secondary N) is 1. The van der Waals surface area contributed by atoms with Crippen molar-refractivity contribution in [1.82, 2.24) is 5.32 Å². The van der Waals surface area contributed by atoms with Crippen LogP contribution in [0, 0.1) is 5.92 Å². The van der Waals surface area contributed by atoms with E-state index in [9.17, 15) is 18.0 Å². The smallest absolute Gasteiger partial charge is 0.227 e. The number of hydrogen-bond acceptors (Lipinski definition) is 4. The van der Waals surface area contributed by atoms with Gasteiger partial charge < -0.3 is 10.2 Å². The fourth-order valence-corrected chi connectivity index (χ4v) is 4.42. The summed E-state index contributed by atoms with van der Waals surface area (Å²) in [7, 11) is -3.44. The van der Waals surface area contributed by atoms with Gasteiger partial charge in [-0.25, -0.2) is 8.42 Å². The quantitative estimate of drug-likeness (QED) is 0.772. The first kappa shape index (κ1) is 20.1. The van der Waals surface area contributed by atoms with Gasteiger partial charge in [-0.05, 0) is 36.2 Å². The van der Waals surface area contributed by atoms with E-state index in [1.165, 1.54) is 17.7 Å². The molecule has 1 unspecified atom stereocenters. The minimum atomic E-state index is -3.44. The molecule has 0 saturated carbocycles. The lowest BCUT2D eigenvalue weighted by Gasteiger charge is -2.17. The van der Waals surface area contributed by atoms with Gasteiger partial charge in [-0.15, -0.1) is 0 Å². The van der Waals surface area contributed by atoms with Gasteiger partial charge in [0.05, 0.1) is 16.6 Å². The predicted octanol–water partition coefficient (Wildman–Crippen LogP) is 2.19. The second-order valence-corrected chi connectivity index (χ2v) is 8.96. The van der Waals surface area contributed by atoms with Gasteiger partial charge in [0.1, 0.15) is 0 Å². The molecular formula is C21H24N2O4S. The highest BCUT2D eigenvalue weighted by molar-refractivity contribution is 7.91. The molecule has 1 atom stereocenters. The van der Waals surface area contributed by atoms with E-state index in [1.54, 1.807) is 23.1 Å². The molecule has 7 heteroatoms. The number of anilines is 1. The van der Waals surface area contributed by atoms with E-state index >= 15 is 0 Å². The molecule has 28 heavy (non-hydrogen) atoms. The molecule has 3 rings (SSSR count). The van der Waals surface area contributed by atoms with Crippen molar-refractivity contribution in [3.63, 3.8) is 0 Å². The molecule has 0 bridgehead atoms. The van der Waals surface area contributed by atoms with Crippen LogP contribution in [0.2, 0.25) is 0 Å². The molecule has 2 aromatic rings. The Balaban J connectivity index is 1.54. The summed E-state index contributed by atoms with van der Waals surface area (Å²) >= 11 is 0. The largest absolute Gasteiger partial charge is 0.355 e. The molecule has 1 fully saturated rings. The van der Waals surface area contributed by atoms with Crippen LogP contribution in [0.4, 0.5) is 5.69 Å². The van der Waals surface area contributed by atoms with Crippen molar-refractivity contribution in [2.24, 2.45) is 5.92 Å². The fraction of sp³-hybridized carbons (Fsp3) is 0.333. The van der Waals surface area contributed by atoms with Gasteiger partial charge in [0.15, 0.2) is 9.84 Å². The summed E-state index contributed by atoms with van der Waals surface area (Å²) in [5.41, 5.74) is 1.97. The van der Waals surface area contributed by atoms with Crippen molar-refractivity contribution in [3.8, 4) is 0 Å². The Kier molecular flexibility index (Phi) is 6.14. The topological polar surface area (TPSA) is 83.6 Å². The van der Waals surface area contributed by atoms with Gasteiger partial charge in [0.25, 0.3) is 0 Å². The van der Waals surface area contributed by atoms with Crippen LogP contribution in [-0.2, 0) is 25.8 Å². The second-order valence-electron chi connectivity index (χ2n) is 6.85. The lowest BCUT2D eigenvalue weighted by Crippen LogP contribution is -2.35. The normalized spacial score (nSPS) is 17.0. The number of carbonyl (C=O) groups excluding carboxylic acids is 2. The average molecular weight is 401 g/mol. The maximum absolute atomic E-state index is 12.4. The molecular weight excluding hydrogens is 376 g/mol. The van der Waals surface area contributed by atoms with Crippen molar-refractivity contribution < 1.29 is 18.0 Å². The molecule has 2 aromatic carbocycles. The first-order chi connectivity index (χ1) is 13.4. The molecule has 0 spiro atoms. The number of nitrogens with zero attached hydrogens (tertiary/aromatic N) is 1. The Morgan fingerprint density at radius 2 is 1.79 bits per heavy atom. The first-order valence-electron chi connectivity index (χ1n) is 9.35. The molecule has 2 amide bonds. The number of amides is 2. The molecule has 1 aliphatic heterocycles. The van der Waals surface area contributed by atoms with Gasteiger partial charge in [-0.3, -0.25) is 9.59 Å². The van der Waals surface area contributed by atoms with Crippen LogP contribution < -0.4 is 10.2 Å². The maximum atomic E-state index is 12.4. The van der Waals surface area contributed by atoms with Crippen molar-refractivity contribution in [2.45, 2.75) is 24.7 Å². The van der Waals surface area contributed by atoms with E-state index in [-0.39, 0.29) is 35.4 Å². The lowest BCUT2D eigenvalue weighted by molar-refractivity contribution is -0.126. The van der Waals surface area contributed by atoms with Crippen molar-refractivity contribution in [1.29, 1.82) is 0 Å². The van der Waals surface area contributed by atoms with Crippen LogP contribution >= 0.6 is 0 Å². The number of benzene rings is 2. The average Bonchev–Trinajstić information content (AvgIpc) is 3.10. The number of hydrogen-bond donors (Lipinski definition) is 1. The van der Waals surface area contributed by atoms with Crippen LogP contribution in [0.25, 0.3) is 0 Å². The van der Waals surface area contributed by atoms with E-state index in [4.69, 9.17) is 0 Å². The van der Waals surface area contributed by atoms with Gasteiger partial charge >= 0.3 is 0 Å². The summed E-state index contributed by atoms with van der Waals surface area (Å²) in [6.45, 7) is 2.39. The summed E-state index contributed by atoms with van der Waals surface area (Å²) in [5, 5.41) is 2.66. The van der Waals surface area contributed by atoms with Crippen molar-refractivity contribution >= 4 is 27.3 Å². The zero-order chi connectivity index (χ0) is 20.1. The first-order valence-corrected chi connectivity index (χ1v) is 11.0. The Morgan fingerprint density at radius 1 is 1.11 bits per heavy atom. The van der Waals surface area contributed by atoms with Crippen LogP contribution in [0.1, 0.15) is 18.9 Å². The Hall–Kier alpha value is -2.67. The van der Waals surface area contributed by atoms with Crippen molar-refractivity contribution in [2.75, 3.05) is 23.7 Å². The number of carbonyl (C=O) groups is 2. The van der Waals surface area contributed by atoms with Gasteiger partial charge in [0, 0.05) is 25.2 Å². The minimum absolute atomic E-state index is 0.0198. The molecule has 1 N–H and O–H groups in total. The van der Waals surface area contributed by atoms with E-state index in [1.807, 2.05) is 24.3 Å². The highest BCUT2D eigenvalue weighted by Gasteiger charge is 2.35. The van der Waals surface area contributed by atoms with Crippen LogP contribution in [-0.4, -0.2) is 39.1 Å². The third-order valence-electron chi connectivity index (χ3n) is 4.92. The Bertz CT molecular complexity index is 940. The Morgan fingerprint density at radius 3 is 2.43 bits per heavy atom. The number of aryl methyl sites for hydroxylation is 1. The molecule has 148 valence electrons. The number of rotatable bonds is 7. The highest BCUT2D eigenvalue weighted by Crippen LogP contribution is 2.25. The van der Waals surface area contributed by atoms with Crippen LogP contribution in [0.5, 0.6) is 0 Å². The second kappa shape index (κ2) is 8.56. The molecule has 1 saturated heterocycles. The molecule has 6 nitrogen and oxygen atoms in total. The molecule has 0 aromatic heterocycles. The summed E-state index contributed by atoms with van der Waals surface area (Å²) in [6.07, 6.45) is 1.05. The predicted molar refractivity (Wildman–Crippen MR) is 108 cm³/mol. The van der Waals surface area contributed by atoms with E-state index < -0.39 is 15.8 Å². The minimum Gasteiger partial charge on any atom is -0.355 e. The zero-order valence-corrected chi connectivity index (χ0v) is 16.6. The van der Waals surface area contributed by atoms with E-state index in [0.717, 1.165) is 12.1 Å². The van der Waals surface area contributed by atoms with Gasteiger partial charge in [-0.2, -0.15) is 0 Å². The summed E-state index contributed by atoms with van der Waals surface area (Å²) in [4.78, 5) is 26.6. The molecule has 1 heterocycles. The zero-order valence-electron chi connectivity index (χ0n) is 15.8. The number of sulfone groups is 1. The highest BCUT2D eigenvalue weighted by atomic mass is 32.2. The molecule has 0 radical (unpaired) electrons. The van der Waals surface area contributed by atoms with E-state index in [2.05, 4.69) is 12.2 Å². The molecule has 0 aliphatic carbocycles. The van der Waals surface area contributed by atoms with Gasteiger partial charge in [0.2, 0.25) is 11.8 Å². The van der Waals surface area contributed by atoms with Crippen LogP contribution in [0.15, 0.2) is 59.5 Å².